The van der Waals surface area contributed by atoms with Crippen LogP contribution in [0.1, 0.15) is 5.56 Å². The third-order valence-corrected chi connectivity index (χ3v) is 3.94. The van der Waals surface area contributed by atoms with Gasteiger partial charge in [-0.3, -0.25) is 0 Å². The number of rotatable bonds is 4. The van der Waals surface area contributed by atoms with Crippen LogP contribution in [0.25, 0.3) is 11.3 Å². The minimum atomic E-state index is -0.401. The van der Waals surface area contributed by atoms with Crippen LogP contribution in [0.15, 0.2) is 53.7 Å². The fraction of sp³-hybridized carbons (Fsp3) is 0.0556. The molecular weight excluding hydrogens is 342 g/mol. The van der Waals surface area contributed by atoms with Crippen molar-refractivity contribution in [1.82, 2.24) is 9.97 Å². The van der Waals surface area contributed by atoms with Crippen molar-refractivity contribution in [2.24, 2.45) is 0 Å². The molecule has 3 aromatic rings. The van der Waals surface area contributed by atoms with Crippen molar-refractivity contribution in [3.63, 3.8) is 0 Å². The minimum absolute atomic E-state index is 0.202. The highest BCUT2D eigenvalue weighted by Gasteiger charge is 2.16. The highest BCUT2D eigenvalue weighted by Crippen LogP contribution is 2.30. The van der Waals surface area contributed by atoms with Gasteiger partial charge in [0.05, 0.1) is 5.69 Å². The van der Waals surface area contributed by atoms with E-state index in [2.05, 4.69) is 21.4 Å². The molecule has 0 aliphatic carbocycles. The molecule has 0 radical (unpaired) electrons. The van der Waals surface area contributed by atoms with Crippen LogP contribution >= 0.6 is 11.8 Å². The first-order chi connectivity index (χ1) is 12.1. The summed E-state index contributed by atoms with van der Waals surface area (Å²) < 4.78 is 26.6. The van der Waals surface area contributed by atoms with Gasteiger partial charge in [-0.05, 0) is 48.7 Å². The van der Waals surface area contributed by atoms with Crippen LogP contribution in [0.2, 0.25) is 0 Å². The smallest absolute Gasteiger partial charge is 0.189 e. The van der Waals surface area contributed by atoms with Crippen LogP contribution in [0.5, 0.6) is 0 Å². The number of halogens is 2. The van der Waals surface area contributed by atoms with Gasteiger partial charge in [0.1, 0.15) is 23.3 Å². The SMILES string of the molecule is CSc1nc(Nc2cccc(F)c2)c(C#N)c(-c2ccc(F)cc2)n1. The van der Waals surface area contributed by atoms with Gasteiger partial charge in [0, 0.05) is 11.3 Å². The van der Waals surface area contributed by atoms with Gasteiger partial charge in [-0.2, -0.15) is 5.26 Å². The predicted octanol–water partition coefficient (Wildman–Crippen LogP) is 4.76. The quantitative estimate of drug-likeness (QED) is 0.541. The molecule has 1 N–H and O–H groups in total. The van der Waals surface area contributed by atoms with Gasteiger partial charge in [-0.1, -0.05) is 17.8 Å². The summed E-state index contributed by atoms with van der Waals surface area (Å²) >= 11 is 1.31. The maximum atomic E-state index is 13.4. The average molecular weight is 354 g/mol. The lowest BCUT2D eigenvalue weighted by atomic mass is 10.1. The fourth-order valence-electron chi connectivity index (χ4n) is 2.25. The Labute approximate surface area is 147 Å². The Hall–Kier alpha value is -2.98. The summed E-state index contributed by atoms with van der Waals surface area (Å²) in [4.78, 5) is 8.69. The molecule has 25 heavy (non-hydrogen) atoms. The lowest BCUT2D eigenvalue weighted by molar-refractivity contribution is 0.628. The monoisotopic (exact) mass is 354 g/mol. The molecule has 3 rings (SSSR count). The number of thioether (sulfide) groups is 1. The number of nitrogens with zero attached hydrogens (tertiary/aromatic N) is 3. The first-order valence-electron chi connectivity index (χ1n) is 7.25. The lowest BCUT2D eigenvalue weighted by Crippen LogP contribution is -2.03. The van der Waals surface area contributed by atoms with E-state index in [-0.39, 0.29) is 17.2 Å². The highest BCUT2D eigenvalue weighted by molar-refractivity contribution is 7.98. The van der Waals surface area contributed by atoms with Gasteiger partial charge in [-0.25, -0.2) is 18.7 Å². The van der Waals surface area contributed by atoms with Gasteiger partial charge in [-0.15, -0.1) is 0 Å². The van der Waals surface area contributed by atoms with E-state index in [4.69, 9.17) is 0 Å². The number of nitrogens with one attached hydrogen (secondary N) is 1. The molecule has 1 heterocycles. The van der Waals surface area contributed by atoms with Crippen LogP contribution in [-0.2, 0) is 0 Å². The summed E-state index contributed by atoms with van der Waals surface area (Å²) in [7, 11) is 0. The average Bonchev–Trinajstić information content (AvgIpc) is 2.61. The summed E-state index contributed by atoms with van der Waals surface area (Å²) in [6.07, 6.45) is 1.81. The largest absolute Gasteiger partial charge is 0.339 e. The maximum absolute atomic E-state index is 13.4. The maximum Gasteiger partial charge on any atom is 0.189 e. The van der Waals surface area contributed by atoms with Crippen molar-refractivity contribution in [3.8, 4) is 17.3 Å². The van der Waals surface area contributed by atoms with Gasteiger partial charge < -0.3 is 5.32 Å². The van der Waals surface area contributed by atoms with Crippen LogP contribution in [0.3, 0.4) is 0 Å². The second-order valence-corrected chi connectivity index (χ2v) is 5.81. The molecule has 0 atom stereocenters. The van der Waals surface area contributed by atoms with E-state index in [9.17, 15) is 14.0 Å². The Morgan fingerprint density at radius 2 is 1.80 bits per heavy atom. The molecule has 0 spiro atoms. The first-order valence-corrected chi connectivity index (χ1v) is 8.48. The predicted molar refractivity (Wildman–Crippen MR) is 93.6 cm³/mol. The molecule has 124 valence electrons. The van der Waals surface area contributed by atoms with E-state index in [0.717, 1.165) is 0 Å². The molecule has 0 fully saturated rings. The molecule has 7 heteroatoms. The Kier molecular flexibility index (Phi) is 4.91. The summed E-state index contributed by atoms with van der Waals surface area (Å²) in [6.45, 7) is 0. The zero-order valence-corrected chi connectivity index (χ0v) is 13.9. The van der Waals surface area contributed by atoms with Crippen LogP contribution in [-0.4, -0.2) is 16.2 Å². The van der Waals surface area contributed by atoms with Gasteiger partial charge in [0.15, 0.2) is 11.0 Å². The first kappa shape index (κ1) is 16.9. The zero-order chi connectivity index (χ0) is 17.8. The third-order valence-electron chi connectivity index (χ3n) is 3.39. The lowest BCUT2D eigenvalue weighted by Gasteiger charge is -2.12. The Morgan fingerprint density at radius 1 is 1.04 bits per heavy atom. The summed E-state index contributed by atoms with van der Waals surface area (Å²) in [6, 6.07) is 13.6. The van der Waals surface area contributed by atoms with E-state index in [0.29, 0.717) is 22.1 Å². The van der Waals surface area contributed by atoms with Crippen molar-refractivity contribution in [2.75, 3.05) is 11.6 Å². The zero-order valence-electron chi connectivity index (χ0n) is 13.1. The standard InChI is InChI=1S/C18H12F2N4S/c1-25-18-23-16(11-5-7-12(19)8-6-11)15(10-21)17(24-18)22-14-4-2-3-13(20)9-14/h2-9H,1H3,(H,22,23,24). The molecule has 0 unspecified atom stereocenters. The van der Waals surface area contributed by atoms with E-state index >= 15 is 0 Å². The molecule has 0 aliphatic rings. The summed E-state index contributed by atoms with van der Waals surface area (Å²) in [5.74, 6) is -0.507. The number of aromatic nitrogens is 2. The molecule has 0 aliphatic heterocycles. The molecular formula is C18H12F2N4S. The number of anilines is 2. The van der Waals surface area contributed by atoms with E-state index in [1.165, 1.54) is 36.0 Å². The van der Waals surface area contributed by atoms with Gasteiger partial charge in [0.25, 0.3) is 0 Å². The van der Waals surface area contributed by atoms with Crippen molar-refractivity contribution >= 4 is 23.3 Å². The van der Waals surface area contributed by atoms with Crippen LogP contribution < -0.4 is 5.32 Å². The number of hydrogen-bond acceptors (Lipinski definition) is 5. The van der Waals surface area contributed by atoms with Crippen molar-refractivity contribution in [2.45, 2.75) is 5.16 Å². The molecule has 1 aromatic heterocycles. The number of nitriles is 1. The Balaban J connectivity index is 2.13. The molecule has 2 aromatic carbocycles. The highest BCUT2D eigenvalue weighted by atomic mass is 32.2. The van der Waals surface area contributed by atoms with Gasteiger partial charge >= 0.3 is 0 Å². The Morgan fingerprint density at radius 3 is 2.44 bits per heavy atom. The van der Waals surface area contributed by atoms with Crippen LogP contribution in [0.4, 0.5) is 20.3 Å². The summed E-state index contributed by atoms with van der Waals surface area (Å²) in [5, 5.41) is 13.0. The fourth-order valence-corrected chi connectivity index (χ4v) is 2.61. The van der Waals surface area contributed by atoms with Crippen molar-refractivity contribution in [3.05, 3.63) is 65.7 Å². The van der Waals surface area contributed by atoms with E-state index < -0.39 is 5.82 Å². The third kappa shape index (κ3) is 3.75. The molecule has 0 saturated heterocycles. The molecule has 0 amide bonds. The molecule has 0 saturated carbocycles. The van der Waals surface area contributed by atoms with Crippen LogP contribution in [0, 0.1) is 23.0 Å². The van der Waals surface area contributed by atoms with E-state index in [1.54, 1.807) is 24.3 Å². The second kappa shape index (κ2) is 7.28. The van der Waals surface area contributed by atoms with E-state index in [1.807, 2.05) is 6.26 Å². The second-order valence-electron chi connectivity index (χ2n) is 5.04. The number of hydrogen-bond donors (Lipinski definition) is 1. The normalized spacial score (nSPS) is 10.3. The number of benzene rings is 2. The van der Waals surface area contributed by atoms with Crippen molar-refractivity contribution < 1.29 is 8.78 Å². The minimum Gasteiger partial charge on any atom is -0.339 e. The van der Waals surface area contributed by atoms with Crippen molar-refractivity contribution in [1.29, 1.82) is 5.26 Å². The molecule has 4 nitrogen and oxygen atoms in total. The Bertz CT molecular complexity index is 952. The summed E-state index contributed by atoms with van der Waals surface area (Å²) in [5.41, 5.74) is 1.65. The van der Waals surface area contributed by atoms with Gasteiger partial charge in [0.2, 0.25) is 0 Å². The molecule has 0 bridgehead atoms. The topological polar surface area (TPSA) is 61.6 Å².